The number of nitrogens with zero attached hydrogens (tertiary/aromatic N) is 2. The van der Waals surface area contributed by atoms with Gasteiger partial charge in [0.2, 0.25) is 5.91 Å². The normalized spacial score (nSPS) is 17.6. The Morgan fingerprint density at radius 1 is 1.05 bits per heavy atom. The fourth-order valence-electron chi connectivity index (χ4n) is 4.95. The maximum Gasteiger partial charge on any atom is 0.254 e. The van der Waals surface area contributed by atoms with Gasteiger partial charge in [-0.3, -0.25) is 9.59 Å². The Morgan fingerprint density at radius 2 is 1.85 bits per heavy atom. The minimum atomic E-state index is -3.55. The van der Waals surface area contributed by atoms with Gasteiger partial charge in [0, 0.05) is 23.1 Å². The van der Waals surface area contributed by atoms with Crippen LogP contribution in [0.4, 0.5) is 5.13 Å². The molecule has 1 N–H and O–H groups in total. The molecule has 10 heteroatoms. The predicted molar refractivity (Wildman–Crippen MR) is 159 cm³/mol. The van der Waals surface area contributed by atoms with Crippen molar-refractivity contribution in [2.45, 2.75) is 24.0 Å². The van der Waals surface area contributed by atoms with Crippen molar-refractivity contribution in [1.82, 2.24) is 9.88 Å². The van der Waals surface area contributed by atoms with Gasteiger partial charge in [0.1, 0.15) is 6.04 Å². The lowest BCUT2D eigenvalue weighted by molar-refractivity contribution is -0.123. The minimum absolute atomic E-state index is 0.114. The van der Waals surface area contributed by atoms with E-state index in [1.165, 1.54) is 22.3 Å². The number of ether oxygens (including phenoxy) is 1. The maximum absolute atomic E-state index is 13.3. The van der Waals surface area contributed by atoms with Crippen molar-refractivity contribution in [2.75, 3.05) is 24.2 Å². The van der Waals surface area contributed by atoms with Crippen LogP contribution in [0, 0.1) is 0 Å². The number of thiazole rings is 1. The van der Waals surface area contributed by atoms with Crippen LogP contribution < -0.4 is 5.32 Å². The first kappa shape index (κ1) is 27.1. The highest BCUT2D eigenvalue weighted by Crippen LogP contribution is 2.31. The molecule has 3 heterocycles. The molecule has 8 nitrogen and oxygen atoms in total. The van der Waals surface area contributed by atoms with Crippen LogP contribution in [0.25, 0.3) is 28.5 Å². The van der Waals surface area contributed by atoms with Gasteiger partial charge in [-0.25, -0.2) is 13.4 Å². The molecule has 0 radical (unpaired) electrons. The topological polar surface area (TPSA) is 106 Å². The number of fused-ring (bicyclic) bond motifs is 1. The van der Waals surface area contributed by atoms with Gasteiger partial charge in [-0.05, 0) is 46.9 Å². The summed E-state index contributed by atoms with van der Waals surface area (Å²) >= 11 is 1.32. The van der Waals surface area contributed by atoms with E-state index in [1.54, 1.807) is 12.1 Å². The molecule has 0 unspecified atom stereocenters. The van der Waals surface area contributed by atoms with Crippen molar-refractivity contribution in [3.63, 3.8) is 0 Å². The summed E-state index contributed by atoms with van der Waals surface area (Å²) in [7, 11) is -3.55. The number of benzene rings is 3. The Bertz CT molecular complexity index is 1760. The summed E-state index contributed by atoms with van der Waals surface area (Å²) in [6.45, 7) is 4.50. The second-order valence-electron chi connectivity index (χ2n) is 9.93. The van der Waals surface area contributed by atoms with Gasteiger partial charge < -0.3 is 15.0 Å². The molecule has 6 rings (SSSR count). The molecule has 0 bridgehead atoms. The van der Waals surface area contributed by atoms with Crippen molar-refractivity contribution in [3.05, 3.63) is 95.4 Å². The SMILES string of the molecule is C=Cc1ccc(-c2cccc(-c3csc(NC(=O)[C@@H]4CCN4C(=O)c4ccc5c(c4)S(=O)(=O)CCOC5)n3)c2)cc1. The van der Waals surface area contributed by atoms with Crippen LogP contribution in [0.2, 0.25) is 0 Å². The van der Waals surface area contributed by atoms with E-state index in [4.69, 9.17) is 4.74 Å². The minimum Gasteiger partial charge on any atom is -0.376 e. The van der Waals surface area contributed by atoms with E-state index in [-0.39, 0.29) is 41.2 Å². The van der Waals surface area contributed by atoms with E-state index in [1.807, 2.05) is 53.9 Å². The third kappa shape index (κ3) is 5.46. The summed E-state index contributed by atoms with van der Waals surface area (Å²) in [6.07, 6.45) is 2.32. The van der Waals surface area contributed by atoms with E-state index in [0.717, 1.165) is 27.9 Å². The maximum atomic E-state index is 13.3. The number of sulfone groups is 1. The smallest absolute Gasteiger partial charge is 0.254 e. The van der Waals surface area contributed by atoms with Gasteiger partial charge in [-0.2, -0.15) is 0 Å². The molecule has 2 amide bonds. The third-order valence-corrected chi connectivity index (χ3v) is 9.87. The van der Waals surface area contributed by atoms with Crippen molar-refractivity contribution < 1.29 is 22.7 Å². The summed E-state index contributed by atoms with van der Waals surface area (Å²) < 4.78 is 30.6. The number of rotatable bonds is 6. The lowest BCUT2D eigenvalue weighted by Crippen LogP contribution is -2.56. The van der Waals surface area contributed by atoms with Crippen LogP contribution in [-0.4, -0.2) is 55.1 Å². The number of aromatic nitrogens is 1. The first-order valence-corrected chi connectivity index (χ1v) is 15.7. The van der Waals surface area contributed by atoms with Crippen molar-refractivity contribution in [1.29, 1.82) is 0 Å². The lowest BCUT2D eigenvalue weighted by Gasteiger charge is -2.39. The summed E-state index contributed by atoms with van der Waals surface area (Å²) in [5.41, 5.74) is 5.63. The Morgan fingerprint density at radius 3 is 2.61 bits per heavy atom. The molecule has 1 atom stereocenters. The standard InChI is InChI=1S/C31H27N3O5S2/c1-2-20-6-8-21(9-7-20)22-4-3-5-23(16-22)26-19-40-31(32-26)33-29(35)27-12-13-34(27)30(36)24-10-11-25-18-39-14-15-41(37,38)28(25)17-24/h2-11,16-17,19,27H,1,12-15,18H2,(H,32,33,35)/t27-/m0/s1. The molecule has 41 heavy (non-hydrogen) atoms. The van der Waals surface area contributed by atoms with Gasteiger partial charge >= 0.3 is 0 Å². The highest BCUT2D eigenvalue weighted by atomic mass is 32.2. The molecule has 0 saturated carbocycles. The van der Waals surface area contributed by atoms with Crippen molar-refractivity contribution >= 4 is 44.2 Å². The van der Waals surface area contributed by atoms with E-state index in [2.05, 4.69) is 22.9 Å². The second-order valence-corrected chi connectivity index (χ2v) is 12.9. The summed E-state index contributed by atoms with van der Waals surface area (Å²) in [6, 6.07) is 20.1. The first-order valence-electron chi connectivity index (χ1n) is 13.2. The van der Waals surface area contributed by atoms with Gasteiger partial charge in [0.15, 0.2) is 15.0 Å². The predicted octanol–water partition coefficient (Wildman–Crippen LogP) is 5.28. The molecule has 0 aliphatic carbocycles. The van der Waals surface area contributed by atoms with Gasteiger partial charge in [-0.15, -0.1) is 11.3 Å². The zero-order valence-corrected chi connectivity index (χ0v) is 23.7. The molecule has 1 aromatic heterocycles. The Kier molecular flexibility index (Phi) is 7.29. The number of amides is 2. The van der Waals surface area contributed by atoms with Crippen LogP contribution in [0.5, 0.6) is 0 Å². The molecule has 1 fully saturated rings. The Labute approximate surface area is 242 Å². The molecular formula is C31H27N3O5S2. The number of nitrogens with one attached hydrogen (secondary N) is 1. The number of hydrogen-bond acceptors (Lipinski definition) is 7. The highest BCUT2D eigenvalue weighted by molar-refractivity contribution is 7.91. The van der Waals surface area contributed by atoms with Gasteiger partial charge in [-0.1, -0.05) is 61.2 Å². The second kappa shape index (κ2) is 11.0. The zero-order valence-electron chi connectivity index (χ0n) is 22.1. The Balaban J connectivity index is 1.14. The number of anilines is 1. The molecule has 1 saturated heterocycles. The number of carbonyl (C=O) groups excluding carboxylic acids is 2. The van der Waals surface area contributed by atoms with E-state index in [0.29, 0.717) is 23.7 Å². The van der Waals surface area contributed by atoms with E-state index < -0.39 is 15.9 Å². The summed E-state index contributed by atoms with van der Waals surface area (Å²) in [4.78, 5) is 32.6. The fraction of sp³-hybridized carbons (Fsp3) is 0.194. The number of likely N-dealkylation sites (tertiary alicyclic amines) is 1. The lowest BCUT2D eigenvalue weighted by atomic mass is 10.00. The fourth-order valence-corrected chi connectivity index (χ4v) is 7.06. The van der Waals surface area contributed by atoms with Crippen molar-refractivity contribution in [2.24, 2.45) is 0 Å². The molecule has 2 aliphatic rings. The quantitative estimate of drug-likeness (QED) is 0.330. The molecule has 4 aromatic rings. The molecule has 3 aromatic carbocycles. The molecule has 0 spiro atoms. The number of hydrogen-bond donors (Lipinski definition) is 1. The van der Waals surface area contributed by atoms with Crippen LogP contribution >= 0.6 is 11.3 Å². The summed E-state index contributed by atoms with van der Waals surface area (Å²) in [5.74, 6) is -0.829. The largest absolute Gasteiger partial charge is 0.376 e. The Hall–Kier alpha value is -4.12. The van der Waals surface area contributed by atoms with Crippen LogP contribution in [-0.2, 0) is 26.0 Å². The van der Waals surface area contributed by atoms with E-state index in [9.17, 15) is 18.0 Å². The zero-order chi connectivity index (χ0) is 28.6. The molecular weight excluding hydrogens is 558 g/mol. The monoisotopic (exact) mass is 585 g/mol. The first-order chi connectivity index (χ1) is 19.8. The summed E-state index contributed by atoms with van der Waals surface area (Å²) in [5, 5.41) is 5.19. The van der Waals surface area contributed by atoms with Gasteiger partial charge in [0.25, 0.3) is 5.91 Å². The van der Waals surface area contributed by atoms with Crippen LogP contribution in [0.15, 0.2) is 83.6 Å². The average Bonchev–Trinajstić information content (AvgIpc) is 3.37. The molecule has 208 valence electrons. The van der Waals surface area contributed by atoms with Crippen LogP contribution in [0.3, 0.4) is 0 Å². The van der Waals surface area contributed by atoms with E-state index >= 15 is 0 Å². The van der Waals surface area contributed by atoms with Crippen LogP contribution in [0.1, 0.15) is 27.9 Å². The number of carbonyl (C=O) groups is 2. The average molecular weight is 586 g/mol. The highest BCUT2D eigenvalue weighted by Gasteiger charge is 2.38. The van der Waals surface area contributed by atoms with Crippen molar-refractivity contribution in [3.8, 4) is 22.4 Å². The van der Waals surface area contributed by atoms with Gasteiger partial charge in [0.05, 0.1) is 29.6 Å². The third-order valence-electron chi connectivity index (χ3n) is 7.36. The molecule has 2 aliphatic heterocycles.